The van der Waals surface area contributed by atoms with E-state index in [1.54, 1.807) is 14.0 Å². The van der Waals surface area contributed by atoms with Gasteiger partial charge < -0.3 is 9.47 Å². The molecule has 2 rings (SSSR count). The number of methoxy groups -OCH3 is 1. The van der Waals surface area contributed by atoms with Gasteiger partial charge in [-0.3, -0.25) is 4.79 Å². The second kappa shape index (κ2) is 4.39. The van der Waals surface area contributed by atoms with Crippen LogP contribution in [0.15, 0.2) is 6.07 Å². The van der Waals surface area contributed by atoms with Crippen LogP contribution in [0.4, 0.5) is 0 Å². The molecule has 0 N–H and O–H groups in total. The van der Waals surface area contributed by atoms with Gasteiger partial charge in [0, 0.05) is 0 Å². The number of ether oxygens (including phenoxy) is 2. The van der Waals surface area contributed by atoms with Crippen molar-refractivity contribution in [2.75, 3.05) is 20.3 Å². The van der Waals surface area contributed by atoms with Crippen molar-refractivity contribution in [2.24, 2.45) is 0 Å². The van der Waals surface area contributed by atoms with Crippen LogP contribution >= 0.6 is 0 Å². The van der Waals surface area contributed by atoms with Crippen molar-refractivity contribution in [2.45, 2.75) is 33.1 Å². The molecule has 98 valence electrons. The smallest absolute Gasteiger partial charge is 0.145 e. The summed E-state index contributed by atoms with van der Waals surface area (Å²) >= 11 is 0. The molecule has 0 atom stereocenters. The number of ketones is 1. The van der Waals surface area contributed by atoms with Crippen molar-refractivity contribution < 1.29 is 14.3 Å². The lowest BCUT2D eigenvalue weighted by Gasteiger charge is -2.42. The Morgan fingerprint density at radius 3 is 2.28 bits per heavy atom. The Labute approximate surface area is 108 Å². The van der Waals surface area contributed by atoms with Crippen LogP contribution in [0, 0.1) is 20.8 Å². The van der Waals surface area contributed by atoms with Crippen LogP contribution in [0.5, 0.6) is 5.75 Å². The molecule has 1 fully saturated rings. The summed E-state index contributed by atoms with van der Waals surface area (Å²) in [7, 11) is 1.67. The van der Waals surface area contributed by atoms with Crippen molar-refractivity contribution in [1.82, 2.24) is 0 Å². The minimum absolute atomic E-state index is 0.185. The minimum Gasteiger partial charge on any atom is -0.496 e. The number of rotatable bonds is 3. The highest BCUT2D eigenvalue weighted by atomic mass is 16.5. The molecule has 0 aromatic heterocycles. The Kier molecular flexibility index (Phi) is 3.20. The Balaban J connectivity index is 2.65. The maximum Gasteiger partial charge on any atom is 0.145 e. The number of carbonyl (C=O) groups is 1. The third kappa shape index (κ3) is 1.65. The normalized spacial score (nSPS) is 17.2. The molecule has 1 aliphatic rings. The highest BCUT2D eigenvalue weighted by Crippen LogP contribution is 2.40. The number of aryl methyl sites for hydroxylation is 1. The highest BCUT2D eigenvalue weighted by Gasteiger charge is 2.47. The number of hydrogen-bond acceptors (Lipinski definition) is 3. The van der Waals surface area contributed by atoms with E-state index in [0.717, 1.165) is 28.0 Å². The molecule has 1 aromatic carbocycles. The fourth-order valence-corrected chi connectivity index (χ4v) is 2.82. The number of hydrogen-bond donors (Lipinski definition) is 0. The predicted molar refractivity (Wildman–Crippen MR) is 70.4 cm³/mol. The van der Waals surface area contributed by atoms with Gasteiger partial charge in [-0.2, -0.15) is 0 Å². The molecule has 0 aliphatic carbocycles. The first-order valence-corrected chi connectivity index (χ1v) is 6.18. The maximum atomic E-state index is 12.0. The molecule has 18 heavy (non-hydrogen) atoms. The zero-order chi connectivity index (χ0) is 13.5. The van der Waals surface area contributed by atoms with Crippen molar-refractivity contribution in [3.8, 4) is 5.75 Å². The van der Waals surface area contributed by atoms with Crippen LogP contribution in [-0.4, -0.2) is 26.1 Å². The first-order valence-electron chi connectivity index (χ1n) is 6.18. The average molecular weight is 248 g/mol. The molecule has 0 unspecified atom stereocenters. The second-order valence-corrected chi connectivity index (χ2v) is 5.15. The standard InChI is InChI=1S/C15H20O3/c1-9-6-13(17-5)10(2)11(3)14(9)15(12(4)16)7-18-8-15/h6H,7-8H2,1-5H3. The first kappa shape index (κ1) is 13.1. The van der Waals surface area contributed by atoms with E-state index in [1.165, 1.54) is 0 Å². The van der Waals surface area contributed by atoms with E-state index < -0.39 is 5.41 Å². The van der Waals surface area contributed by atoms with Gasteiger partial charge in [0.25, 0.3) is 0 Å². The number of Topliss-reactive ketones (excluding diaryl/α,β-unsaturated/α-hetero) is 1. The average Bonchev–Trinajstić information content (AvgIpc) is 2.26. The van der Waals surface area contributed by atoms with Gasteiger partial charge in [0.1, 0.15) is 16.9 Å². The molecule has 3 heteroatoms. The molecule has 3 nitrogen and oxygen atoms in total. The molecule has 1 aliphatic heterocycles. The zero-order valence-electron chi connectivity index (χ0n) is 11.7. The Hall–Kier alpha value is -1.35. The summed E-state index contributed by atoms with van der Waals surface area (Å²) in [6, 6.07) is 2.01. The molecule has 0 saturated carbocycles. The summed E-state index contributed by atoms with van der Waals surface area (Å²) < 4.78 is 10.7. The van der Waals surface area contributed by atoms with E-state index in [0.29, 0.717) is 13.2 Å². The van der Waals surface area contributed by atoms with Crippen molar-refractivity contribution >= 4 is 5.78 Å². The van der Waals surface area contributed by atoms with Crippen LogP contribution in [0.1, 0.15) is 29.2 Å². The topological polar surface area (TPSA) is 35.5 Å². The van der Waals surface area contributed by atoms with Gasteiger partial charge in [0.15, 0.2) is 0 Å². The molecular weight excluding hydrogens is 228 g/mol. The van der Waals surface area contributed by atoms with Gasteiger partial charge in [0.05, 0.1) is 20.3 Å². The van der Waals surface area contributed by atoms with Gasteiger partial charge in [-0.25, -0.2) is 0 Å². The summed E-state index contributed by atoms with van der Waals surface area (Å²) in [5.41, 5.74) is 4.04. The van der Waals surface area contributed by atoms with Crippen molar-refractivity contribution in [3.05, 3.63) is 28.3 Å². The molecule has 0 amide bonds. The third-order valence-electron chi connectivity index (χ3n) is 4.12. The van der Waals surface area contributed by atoms with Gasteiger partial charge in [-0.15, -0.1) is 0 Å². The van der Waals surface area contributed by atoms with E-state index in [2.05, 4.69) is 6.92 Å². The molecule has 0 bridgehead atoms. The van der Waals surface area contributed by atoms with E-state index in [1.807, 2.05) is 19.9 Å². The quantitative estimate of drug-likeness (QED) is 0.824. The van der Waals surface area contributed by atoms with E-state index >= 15 is 0 Å². The summed E-state index contributed by atoms with van der Waals surface area (Å²) in [6.45, 7) is 8.77. The Bertz CT molecular complexity index is 499. The fraction of sp³-hybridized carbons (Fsp3) is 0.533. The Morgan fingerprint density at radius 1 is 1.28 bits per heavy atom. The molecule has 0 radical (unpaired) electrons. The van der Waals surface area contributed by atoms with Crippen LogP contribution in [0.2, 0.25) is 0 Å². The third-order valence-corrected chi connectivity index (χ3v) is 4.12. The summed E-state index contributed by atoms with van der Waals surface area (Å²) in [4.78, 5) is 12.0. The van der Waals surface area contributed by atoms with Crippen molar-refractivity contribution in [3.63, 3.8) is 0 Å². The van der Waals surface area contributed by atoms with E-state index in [9.17, 15) is 4.79 Å². The lowest BCUT2D eigenvalue weighted by atomic mass is 9.71. The molecular formula is C15H20O3. The summed E-state index contributed by atoms with van der Waals surface area (Å²) in [5.74, 6) is 1.07. The lowest BCUT2D eigenvalue weighted by molar-refractivity contribution is -0.140. The van der Waals surface area contributed by atoms with Gasteiger partial charge >= 0.3 is 0 Å². The zero-order valence-corrected chi connectivity index (χ0v) is 11.7. The molecule has 1 saturated heterocycles. The second-order valence-electron chi connectivity index (χ2n) is 5.15. The first-order chi connectivity index (χ1) is 8.44. The molecule has 0 spiro atoms. The SMILES string of the molecule is COc1cc(C)c(C2(C(C)=O)COC2)c(C)c1C. The highest BCUT2D eigenvalue weighted by molar-refractivity contribution is 5.90. The Morgan fingerprint density at radius 2 is 1.89 bits per heavy atom. The summed E-state index contributed by atoms with van der Waals surface area (Å²) in [5, 5.41) is 0. The van der Waals surface area contributed by atoms with E-state index in [-0.39, 0.29) is 5.78 Å². The molecule has 1 heterocycles. The van der Waals surface area contributed by atoms with Gasteiger partial charge in [-0.05, 0) is 56.0 Å². The van der Waals surface area contributed by atoms with Gasteiger partial charge in [0.2, 0.25) is 0 Å². The fourth-order valence-electron chi connectivity index (χ4n) is 2.82. The number of carbonyl (C=O) groups excluding carboxylic acids is 1. The molecule has 1 aromatic rings. The maximum absolute atomic E-state index is 12.0. The van der Waals surface area contributed by atoms with E-state index in [4.69, 9.17) is 9.47 Å². The van der Waals surface area contributed by atoms with Crippen LogP contribution in [0.25, 0.3) is 0 Å². The van der Waals surface area contributed by atoms with Crippen molar-refractivity contribution in [1.29, 1.82) is 0 Å². The lowest BCUT2D eigenvalue weighted by Crippen LogP contribution is -2.53. The van der Waals surface area contributed by atoms with Crippen LogP contribution < -0.4 is 4.74 Å². The predicted octanol–water partition coefficient (Wildman–Crippen LogP) is 2.48. The largest absolute Gasteiger partial charge is 0.496 e. The number of benzene rings is 1. The van der Waals surface area contributed by atoms with Gasteiger partial charge in [-0.1, -0.05) is 0 Å². The minimum atomic E-state index is -0.439. The van der Waals surface area contributed by atoms with Crippen LogP contribution in [0.3, 0.4) is 0 Å². The monoisotopic (exact) mass is 248 g/mol. The van der Waals surface area contributed by atoms with Crippen LogP contribution in [-0.2, 0) is 14.9 Å². The summed E-state index contributed by atoms with van der Waals surface area (Å²) in [6.07, 6.45) is 0.